The van der Waals surface area contributed by atoms with E-state index in [1.54, 1.807) is 12.3 Å². The summed E-state index contributed by atoms with van der Waals surface area (Å²) < 4.78 is 0. The van der Waals surface area contributed by atoms with E-state index in [1.807, 2.05) is 0 Å². The van der Waals surface area contributed by atoms with E-state index in [0.717, 1.165) is 17.5 Å². The van der Waals surface area contributed by atoms with E-state index in [2.05, 4.69) is 20.8 Å². The molecule has 2 rings (SSSR count). The van der Waals surface area contributed by atoms with Gasteiger partial charge in [0.2, 0.25) is 5.91 Å². The Morgan fingerprint density at radius 1 is 1.73 bits per heavy atom. The van der Waals surface area contributed by atoms with Crippen molar-refractivity contribution in [3.8, 4) is 0 Å². The fourth-order valence-electron chi connectivity index (χ4n) is 1.21. The van der Waals surface area contributed by atoms with Crippen LogP contribution in [0, 0.1) is 0 Å². The molecule has 1 unspecified atom stereocenters. The Kier molecular flexibility index (Phi) is 2.91. The Morgan fingerprint density at radius 3 is 3.20 bits per heavy atom. The number of thioether (sulfide) groups is 1. The van der Waals surface area contributed by atoms with Crippen LogP contribution in [0.3, 0.4) is 0 Å². The third-order valence-electron chi connectivity index (χ3n) is 2.00. The van der Waals surface area contributed by atoms with Crippen molar-refractivity contribution in [1.82, 2.24) is 20.8 Å². The second-order valence-corrected chi connectivity index (χ2v) is 4.09. The number of rotatable bonds is 3. The molecule has 0 bridgehead atoms. The average Bonchev–Trinajstić information content (AvgIpc) is 2.84. The second-order valence-electron chi connectivity index (χ2n) is 3.10. The molecule has 80 valence electrons. The first kappa shape index (κ1) is 10.0. The standard InChI is InChI=1S/C8H10N4O2S/c13-7(6-4-15-8(14)11-6)9-3-5-1-2-10-12-5/h1-2,6H,3-4H2,(H,9,13)(H,10,12)(H,11,14). The van der Waals surface area contributed by atoms with Crippen molar-refractivity contribution in [3.63, 3.8) is 0 Å². The molecule has 1 atom stereocenters. The lowest BCUT2D eigenvalue weighted by Gasteiger charge is -2.08. The smallest absolute Gasteiger partial charge is 0.279 e. The molecule has 7 heteroatoms. The molecule has 1 aliphatic heterocycles. The van der Waals surface area contributed by atoms with Crippen molar-refractivity contribution < 1.29 is 9.59 Å². The minimum Gasteiger partial charge on any atom is -0.349 e. The van der Waals surface area contributed by atoms with E-state index in [4.69, 9.17) is 0 Å². The van der Waals surface area contributed by atoms with Gasteiger partial charge >= 0.3 is 0 Å². The Labute approximate surface area is 90.2 Å². The van der Waals surface area contributed by atoms with E-state index in [0.29, 0.717) is 12.3 Å². The molecule has 1 fully saturated rings. The second kappa shape index (κ2) is 4.35. The largest absolute Gasteiger partial charge is 0.349 e. The zero-order valence-corrected chi connectivity index (χ0v) is 8.63. The fourth-order valence-corrected chi connectivity index (χ4v) is 1.99. The first-order chi connectivity index (χ1) is 7.25. The van der Waals surface area contributed by atoms with Crippen LogP contribution in [0.1, 0.15) is 5.69 Å². The van der Waals surface area contributed by atoms with Crippen LogP contribution >= 0.6 is 11.8 Å². The van der Waals surface area contributed by atoms with Gasteiger partial charge in [0.25, 0.3) is 5.24 Å². The zero-order valence-electron chi connectivity index (χ0n) is 7.82. The predicted molar refractivity (Wildman–Crippen MR) is 55.2 cm³/mol. The molecule has 0 aliphatic carbocycles. The Morgan fingerprint density at radius 2 is 2.60 bits per heavy atom. The van der Waals surface area contributed by atoms with Crippen LogP contribution in [0.5, 0.6) is 0 Å². The van der Waals surface area contributed by atoms with Crippen LogP contribution in [-0.2, 0) is 11.3 Å². The topological polar surface area (TPSA) is 86.9 Å². The number of hydrogen-bond donors (Lipinski definition) is 3. The van der Waals surface area contributed by atoms with Crippen molar-refractivity contribution in [2.45, 2.75) is 12.6 Å². The number of H-pyrrole nitrogens is 1. The highest BCUT2D eigenvalue weighted by Gasteiger charge is 2.27. The minimum absolute atomic E-state index is 0.142. The van der Waals surface area contributed by atoms with Crippen LogP contribution < -0.4 is 10.6 Å². The van der Waals surface area contributed by atoms with Crippen molar-refractivity contribution in [2.24, 2.45) is 0 Å². The summed E-state index contributed by atoms with van der Waals surface area (Å²) in [7, 11) is 0. The SMILES string of the molecule is O=C1NC(C(=O)NCc2ccn[nH]2)CS1. The van der Waals surface area contributed by atoms with Gasteiger partial charge in [0.1, 0.15) is 6.04 Å². The van der Waals surface area contributed by atoms with Gasteiger partial charge in [-0.2, -0.15) is 5.10 Å². The molecule has 1 saturated heterocycles. The molecule has 1 aromatic heterocycles. The quantitative estimate of drug-likeness (QED) is 0.669. The van der Waals surface area contributed by atoms with Crippen LogP contribution in [0.15, 0.2) is 12.3 Å². The van der Waals surface area contributed by atoms with Gasteiger partial charge in [-0.05, 0) is 6.07 Å². The maximum atomic E-state index is 11.5. The molecule has 0 saturated carbocycles. The summed E-state index contributed by atoms with van der Waals surface area (Å²) >= 11 is 1.13. The molecule has 0 radical (unpaired) electrons. The summed E-state index contributed by atoms with van der Waals surface area (Å²) in [5.41, 5.74) is 0.834. The third-order valence-corrected chi connectivity index (χ3v) is 2.88. The molecule has 2 amide bonds. The van der Waals surface area contributed by atoms with Gasteiger partial charge in [-0.25, -0.2) is 0 Å². The van der Waals surface area contributed by atoms with Crippen molar-refractivity contribution >= 4 is 22.9 Å². The van der Waals surface area contributed by atoms with Crippen molar-refractivity contribution in [2.75, 3.05) is 5.75 Å². The first-order valence-electron chi connectivity index (χ1n) is 4.45. The van der Waals surface area contributed by atoms with Crippen molar-refractivity contribution in [3.05, 3.63) is 18.0 Å². The lowest BCUT2D eigenvalue weighted by atomic mass is 10.3. The number of carbonyl (C=O) groups is 2. The number of aromatic nitrogens is 2. The summed E-state index contributed by atoms with van der Waals surface area (Å²) in [4.78, 5) is 22.4. The number of nitrogens with one attached hydrogen (secondary N) is 3. The molecule has 3 N–H and O–H groups in total. The van der Waals surface area contributed by atoms with E-state index >= 15 is 0 Å². The van der Waals surface area contributed by atoms with Crippen LogP contribution in [0.2, 0.25) is 0 Å². The summed E-state index contributed by atoms with van der Waals surface area (Å²) in [6.07, 6.45) is 1.62. The maximum absolute atomic E-state index is 11.5. The van der Waals surface area contributed by atoms with Gasteiger partial charge in [-0.3, -0.25) is 14.7 Å². The van der Waals surface area contributed by atoms with E-state index in [-0.39, 0.29) is 11.1 Å². The number of hydrogen-bond acceptors (Lipinski definition) is 4. The fraction of sp³-hybridized carbons (Fsp3) is 0.375. The Bertz CT molecular complexity index is 365. The summed E-state index contributed by atoms with van der Waals surface area (Å²) in [5, 5.41) is 11.6. The minimum atomic E-state index is -0.412. The van der Waals surface area contributed by atoms with Gasteiger partial charge in [-0.1, -0.05) is 11.8 Å². The molecule has 6 nitrogen and oxygen atoms in total. The van der Waals surface area contributed by atoms with E-state index in [1.165, 1.54) is 0 Å². The molecule has 0 spiro atoms. The van der Waals surface area contributed by atoms with Crippen LogP contribution in [0.25, 0.3) is 0 Å². The molecule has 2 heterocycles. The molecule has 15 heavy (non-hydrogen) atoms. The summed E-state index contributed by atoms with van der Waals surface area (Å²) in [6.45, 7) is 0.399. The molecule has 1 aliphatic rings. The Balaban J connectivity index is 1.80. The monoisotopic (exact) mass is 226 g/mol. The van der Waals surface area contributed by atoms with Gasteiger partial charge in [-0.15, -0.1) is 0 Å². The molecular weight excluding hydrogens is 216 g/mol. The van der Waals surface area contributed by atoms with Gasteiger partial charge in [0.05, 0.1) is 12.2 Å². The third kappa shape index (κ3) is 2.50. The van der Waals surface area contributed by atoms with E-state index < -0.39 is 6.04 Å². The van der Waals surface area contributed by atoms with Gasteiger partial charge in [0.15, 0.2) is 0 Å². The van der Waals surface area contributed by atoms with Crippen LogP contribution in [-0.4, -0.2) is 33.1 Å². The average molecular weight is 226 g/mol. The van der Waals surface area contributed by atoms with Gasteiger partial charge in [0, 0.05) is 11.9 Å². The highest BCUT2D eigenvalue weighted by Crippen LogP contribution is 2.12. The maximum Gasteiger partial charge on any atom is 0.279 e. The zero-order chi connectivity index (χ0) is 10.7. The van der Waals surface area contributed by atoms with Gasteiger partial charge < -0.3 is 10.6 Å². The highest BCUT2D eigenvalue weighted by atomic mass is 32.2. The molecule has 0 aromatic carbocycles. The molecule has 1 aromatic rings. The first-order valence-corrected chi connectivity index (χ1v) is 5.43. The highest BCUT2D eigenvalue weighted by molar-refractivity contribution is 8.14. The lowest BCUT2D eigenvalue weighted by molar-refractivity contribution is -0.122. The number of carbonyl (C=O) groups excluding carboxylic acids is 2. The number of nitrogens with zero attached hydrogens (tertiary/aromatic N) is 1. The normalized spacial score (nSPS) is 20.0. The van der Waals surface area contributed by atoms with Crippen LogP contribution in [0.4, 0.5) is 4.79 Å². The van der Waals surface area contributed by atoms with E-state index in [9.17, 15) is 9.59 Å². The summed E-state index contributed by atoms with van der Waals surface area (Å²) in [6, 6.07) is 1.37. The van der Waals surface area contributed by atoms with Crippen molar-refractivity contribution in [1.29, 1.82) is 0 Å². The number of amides is 2. The number of aromatic amines is 1. The predicted octanol–water partition coefficient (Wildman–Crippen LogP) is -0.149. The Hall–Kier alpha value is -1.50. The summed E-state index contributed by atoms with van der Waals surface area (Å²) in [5.74, 6) is 0.330. The lowest BCUT2D eigenvalue weighted by Crippen LogP contribution is -2.42. The molecular formula is C8H10N4O2S.